The topological polar surface area (TPSA) is 45.1 Å². The molecule has 1 aromatic heterocycles. The van der Waals surface area contributed by atoms with Gasteiger partial charge in [0, 0.05) is 16.7 Å². The number of hydrogen-bond donors (Lipinski definition) is 2. The van der Waals surface area contributed by atoms with Gasteiger partial charge in [-0.3, -0.25) is 0 Å². The van der Waals surface area contributed by atoms with Crippen molar-refractivity contribution in [2.75, 3.05) is 18.2 Å². The van der Waals surface area contributed by atoms with E-state index in [-0.39, 0.29) is 17.9 Å². The Hall–Kier alpha value is 0.220. The summed E-state index contributed by atoms with van der Waals surface area (Å²) in [7, 11) is 0. The lowest BCUT2D eigenvalue weighted by atomic mass is 10.2. The van der Waals surface area contributed by atoms with Crippen molar-refractivity contribution >= 4 is 44.2 Å². The van der Waals surface area contributed by atoms with Gasteiger partial charge in [-0.05, 0) is 29.1 Å². The second-order valence-electron chi connectivity index (χ2n) is 2.87. The average molecular weight is 297 g/mol. The highest BCUT2D eigenvalue weighted by atomic mass is 79.9. The molecule has 0 aliphatic heterocycles. The highest BCUT2D eigenvalue weighted by molar-refractivity contribution is 9.10. The van der Waals surface area contributed by atoms with Gasteiger partial charge in [-0.1, -0.05) is 0 Å². The number of aliphatic hydroxyl groups is 1. The number of thioether (sulfide) groups is 1. The molecule has 0 spiro atoms. The second-order valence-corrected chi connectivity index (χ2v) is 5.61. The van der Waals surface area contributed by atoms with E-state index in [0.29, 0.717) is 0 Å². The summed E-state index contributed by atoms with van der Waals surface area (Å²) in [4.78, 5) is 4.23. The van der Waals surface area contributed by atoms with E-state index in [1.54, 1.807) is 23.1 Å². The summed E-state index contributed by atoms with van der Waals surface area (Å²) < 4.78 is 0.849. The van der Waals surface area contributed by atoms with E-state index in [2.05, 4.69) is 26.2 Å². The summed E-state index contributed by atoms with van der Waals surface area (Å²) in [5.74, 6) is 0. The zero-order valence-electron chi connectivity index (χ0n) is 8.03. The van der Waals surface area contributed by atoms with Gasteiger partial charge in [0.2, 0.25) is 0 Å². The van der Waals surface area contributed by atoms with E-state index < -0.39 is 0 Å². The van der Waals surface area contributed by atoms with Crippen LogP contribution in [0.2, 0.25) is 0 Å². The molecule has 0 amide bonds. The minimum atomic E-state index is 0.182. The highest BCUT2D eigenvalue weighted by Gasteiger charge is 2.15. The first-order valence-electron chi connectivity index (χ1n) is 4.18. The molecule has 6 heteroatoms. The van der Waals surface area contributed by atoms with E-state index in [1.807, 2.05) is 18.6 Å². The molecule has 1 aromatic rings. The number of thiazole rings is 1. The van der Waals surface area contributed by atoms with Gasteiger partial charge in [-0.2, -0.15) is 11.8 Å². The molecule has 14 heavy (non-hydrogen) atoms. The predicted molar refractivity (Wildman–Crippen MR) is 67.3 cm³/mol. The number of nitrogens with one attached hydrogen (secondary N) is 1. The lowest BCUT2D eigenvalue weighted by molar-refractivity contribution is 0.288. The number of nitrogens with zero attached hydrogens (tertiary/aromatic N) is 1. The van der Waals surface area contributed by atoms with Gasteiger partial charge in [0.25, 0.3) is 0 Å². The number of aromatic nitrogens is 1. The third-order valence-electron chi connectivity index (χ3n) is 1.87. The summed E-state index contributed by atoms with van der Waals surface area (Å²) in [5, 5.41) is 15.4. The van der Waals surface area contributed by atoms with Gasteiger partial charge in [-0.25, -0.2) is 4.98 Å². The van der Waals surface area contributed by atoms with Crippen LogP contribution in [0.5, 0.6) is 0 Å². The Morgan fingerprint density at radius 1 is 1.79 bits per heavy atom. The molecule has 0 saturated heterocycles. The average Bonchev–Trinajstić information content (AvgIpc) is 2.53. The predicted octanol–water partition coefficient (Wildman–Crippen LogP) is 2.43. The van der Waals surface area contributed by atoms with E-state index in [9.17, 15) is 0 Å². The number of aliphatic hydroxyl groups excluding tert-OH is 1. The van der Waals surface area contributed by atoms with Crippen molar-refractivity contribution < 1.29 is 5.11 Å². The van der Waals surface area contributed by atoms with Crippen molar-refractivity contribution in [2.45, 2.75) is 18.2 Å². The normalized spacial score (nSPS) is 15.1. The maximum absolute atomic E-state index is 9.09. The molecule has 80 valence electrons. The Kier molecular flexibility index (Phi) is 5.22. The maximum Gasteiger partial charge on any atom is 0.183 e. The van der Waals surface area contributed by atoms with Crippen LogP contribution in [0.15, 0.2) is 9.98 Å². The van der Waals surface area contributed by atoms with Crippen molar-refractivity contribution in [3.05, 3.63) is 9.98 Å². The maximum atomic E-state index is 9.09. The first-order valence-corrected chi connectivity index (χ1v) is 7.14. The lowest BCUT2D eigenvalue weighted by Gasteiger charge is -2.20. The van der Waals surface area contributed by atoms with Gasteiger partial charge in [-0.15, -0.1) is 11.3 Å². The molecule has 3 nitrogen and oxygen atoms in total. The first-order chi connectivity index (χ1) is 6.67. The standard InChI is InChI=1S/C8H13BrN2OS2/c1-5(6(3-12)13-2)10-8-11-7(9)4-14-8/h4-6,12H,3H2,1-2H3,(H,10,11). The first kappa shape index (κ1) is 12.3. The van der Waals surface area contributed by atoms with E-state index in [4.69, 9.17) is 5.11 Å². The number of rotatable bonds is 5. The second kappa shape index (κ2) is 5.95. The summed E-state index contributed by atoms with van der Waals surface area (Å²) in [5.41, 5.74) is 0. The molecule has 0 aliphatic rings. The molecular weight excluding hydrogens is 284 g/mol. The van der Waals surface area contributed by atoms with Crippen molar-refractivity contribution in [1.29, 1.82) is 0 Å². The van der Waals surface area contributed by atoms with Crippen LogP contribution in [0, 0.1) is 0 Å². The van der Waals surface area contributed by atoms with E-state index >= 15 is 0 Å². The molecule has 2 atom stereocenters. The SMILES string of the molecule is CSC(CO)C(C)Nc1nc(Br)cs1. The molecule has 0 radical (unpaired) electrons. The summed E-state index contributed by atoms with van der Waals surface area (Å²) >= 11 is 6.51. The van der Waals surface area contributed by atoms with Gasteiger partial charge in [0.15, 0.2) is 5.13 Å². The van der Waals surface area contributed by atoms with Crippen LogP contribution in [0.3, 0.4) is 0 Å². The summed E-state index contributed by atoms with van der Waals surface area (Å²) in [6, 6.07) is 0.216. The Morgan fingerprint density at radius 2 is 2.50 bits per heavy atom. The molecular formula is C8H13BrN2OS2. The Balaban J connectivity index is 2.51. The quantitative estimate of drug-likeness (QED) is 0.876. The van der Waals surface area contributed by atoms with Gasteiger partial charge in [0.05, 0.1) is 6.61 Å². The van der Waals surface area contributed by atoms with Crippen molar-refractivity contribution in [1.82, 2.24) is 4.98 Å². The van der Waals surface area contributed by atoms with Crippen LogP contribution in [0.25, 0.3) is 0 Å². The van der Waals surface area contributed by atoms with Crippen LogP contribution in [0.4, 0.5) is 5.13 Å². The summed E-state index contributed by atoms with van der Waals surface area (Å²) in [6.07, 6.45) is 2.00. The number of halogens is 1. The fourth-order valence-electron chi connectivity index (χ4n) is 1.04. The molecule has 1 rings (SSSR count). The number of hydrogen-bond acceptors (Lipinski definition) is 5. The van der Waals surface area contributed by atoms with Crippen molar-refractivity contribution in [2.24, 2.45) is 0 Å². The fraction of sp³-hybridized carbons (Fsp3) is 0.625. The molecule has 0 saturated carbocycles. The molecule has 0 fully saturated rings. The zero-order chi connectivity index (χ0) is 10.6. The molecule has 0 bridgehead atoms. The minimum absolute atomic E-state index is 0.182. The molecule has 2 unspecified atom stereocenters. The molecule has 1 heterocycles. The van der Waals surface area contributed by atoms with Crippen LogP contribution in [-0.2, 0) is 0 Å². The zero-order valence-corrected chi connectivity index (χ0v) is 11.2. The smallest absolute Gasteiger partial charge is 0.183 e. The monoisotopic (exact) mass is 296 g/mol. The van der Waals surface area contributed by atoms with Gasteiger partial charge in [0.1, 0.15) is 4.60 Å². The Labute approximate surface area is 100 Å². The number of anilines is 1. The Bertz CT molecular complexity index is 278. The van der Waals surface area contributed by atoms with Gasteiger partial charge >= 0.3 is 0 Å². The molecule has 0 aromatic carbocycles. The highest BCUT2D eigenvalue weighted by Crippen LogP contribution is 2.22. The van der Waals surface area contributed by atoms with Crippen LogP contribution in [-0.4, -0.2) is 34.2 Å². The Morgan fingerprint density at radius 3 is 2.93 bits per heavy atom. The van der Waals surface area contributed by atoms with E-state index in [0.717, 1.165) is 9.73 Å². The third kappa shape index (κ3) is 3.42. The van der Waals surface area contributed by atoms with Crippen molar-refractivity contribution in [3.8, 4) is 0 Å². The van der Waals surface area contributed by atoms with Gasteiger partial charge < -0.3 is 10.4 Å². The fourth-order valence-corrected chi connectivity index (χ4v) is 2.91. The van der Waals surface area contributed by atoms with Crippen LogP contribution >= 0.6 is 39.0 Å². The molecule has 0 aliphatic carbocycles. The lowest BCUT2D eigenvalue weighted by Crippen LogP contribution is -2.30. The largest absolute Gasteiger partial charge is 0.395 e. The van der Waals surface area contributed by atoms with Crippen molar-refractivity contribution in [3.63, 3.8) is 0 Å². The van der Waals surface area contributed by atoms with Crippen LogP contribution in [0.1, 0.15) is 6.92 Å². The van der Waals surface area contributed by atoms with Crippen LogP contribution < -0.4 is 5.32 Å². The molecule has 2 N–H and O–H groups in total. The third-order valence-corrected chi connectivity index (χ3v) is 4.51. The minimum Gasteiger partial charge on any atom is -0.395 e. The van der Waals surface area contributed by atoms with E-state index in [1.165, 1.54) is 0 Å². The summed E-state index contributed by atoms with van der Waals surface area (Å²) in [6.45, 7) is 2.23.